The molecule has 100 valence electrons. The second-order valence-corrected chi connectivity index (χ2v) is 4.82. The van der Waals surface area contributed by atoms with E-state index in [1.807, 2.05) is 4.90 Å². The number of hydrogen-bond donors (Lipinski definition) is 4. The summed E-state index contributed by atoms with van der Waals surface area (Å²) in [7, 11) is 0. The first kappa shape index (κ1) is 13.2. The van der Waals surface area contributed by atoms with Crippen molar-refractivity contribution in [1.82, 2.24) is 4.90 Å². The standard InChI is InChI=1S/C11H21NO5/c13-6-7-8(14)9(15)10(16)11(17-7)12-4-2-1-3-5-12/h7-11,13-16H,1-6H2/t7-,8-,9+,10-,11?/m0/s1. The molecule has 2 aliphatic heterocycles. The predicted molar refractivity (Wildman–Crippen MR) is 59.2 cm³/mol. The third kappa shape index (κ3) is 2.62. The lowest BCUT2D eigenvalue weighted by atomic mass is 9.97. The van der Waals surface area contributed by atoms with Crippen molar-refractivity contribution in [1.29, 1.82) is 0 Å². The maximum Gasteiger partial charge on any atom is 0.140 e. The topological polar surface area (TPSA) is 93.4 Å². The average Bonchev–Trinajstić information content (AvgIpc) is 2.37. The molecule has 2 rings (SSSR count). The zero-order chi connectivity index (χ0) is 12.4. The highest BCUT2D eigenvalue weighted by molar-refractivity contribution is 4.92. The normalized spacial score (nSPS) is 44.8. The third-order valence-electron chi connectivity index (χ3n) is 3.62. The maximum atomic E-state index is 9.92. The molecule has 4 N–H and O–H groups in total. The van der Waals surface area contributed by atoms with Gasteiger partial charge in [0.25, 0.3) is 0 Å². The van der Waals surface area contributed by atoms with Crippen molar-refractivity contribution in [2.24, 2.45) is 0 Å². The molecular formula is C11H21NO5. The maximum absolute atomic E-state index is 9.92. The first-order valence-electron chi connectivity index (χ1n) is 6.19. The lowest BCUT2D eigenvalue weighted by Crippen LogP contribution is -2.63. The van der Waals surface area contributed by atoms with Crippen LogP contribution in [-0.4, -0.2) is 75.7 Å². The molecule has 2 heterocycles. The van der Waals surface area contributed by atoms with Gasteiger partial charge in [-0.25, -0.2) is 0 Å². The van der Waals surface area contributed by atoms with Crippen molar-refractivity contribution < 1.29 is 25.2 Å². The van der Waals surface area contributed by atoms with E-state index in [1.54, 1.807) is 0 Å². The van der Waals surface area contributed by atoms with Crippen LogP contribution in [0.1, 0.15) is 19.3 Å². The molecule has 5 atom stereocenters. The second-order valence-electron chi connectivity index (χ2n) is 4.82. The Morgan fingerprint density at radius 3 is 2.18 bits per heavy atom. The van der Waals surface area contributed by atoms with Gasteiger partial charge in [-0.15, -0.1) is 0 Å². The Balaban J connectivity index is 2.04. The zero-order valence-electron chi connectivity index (χ0n) is 9.77. The second kappa shape index (κ2) is 5.60. The van der Waals surface area contributed by atoms with Crippen molar-refractivity contribution in [2.75, 3.05) is 19.7 Å². The Morgan fingerprint density at radius 2 is 1.59 bits per heavy atom. The summed E-state index contributed by atoms with van der Waals surface area (Å²) in [6, 6.07) is 0. The van der Waals surface area contributed by atoms with Crippen LogP contribution in [0.3, 0.4) is 0 Å². The van der Waals surface area contributed by atoms with Crippen molar-refractivity contribution in [3.05, 3.63) is 0 Å². The number of aliphatic hydroxyl groups excluding tert-OH is 4. The van der Waals surface area contributed by atoms with Crippen molar-refractivity contribution >= 4 is 0 Å². The molecule has 0 bridgehead atoms. The van der Waals surface area contributed by atoms with E-state index >= 15 is 0 Å². The summed E-state index contributed by atoms with van der Waals surface area (Å²) in [5, 5.41) is 38.3. The number of aliphatic hydroxyl groups is 4. The van der Waals surface area contributed by atoms with Crippen LogP contribution in [0, 0.1) is 0 Å². The minimum absolute atomic E-state index is 0.366. The van der Waals surface area contributed by atoms with Crippen LogP contribution in [0.25, 0.3) is 0 Å². The van der Waals surface area contributed by atoms with E-state index in [2.05, 4.69) is 0 Å². The predicted octanol–water partition coefficient (Wildman–Crippen LogP) is -1.73. The molecule has 2 fully saturated rings. The Kier molecular flexibility index (Phi) is 4.35. The largest absolute Gasteiger partial charge is 0.394 e. The first-order chi connectivity index (χ1) is 8.15. The summed E-state index contributed by atoms with van der Waals surface area (Å²) < 4.78 is 5.49. The Labute approximate surface area is 100 Å². The Bertz CT molecular complexity index is 242. The fourth-order valence-electron chi connectivity index (χ4n) is 2.56. The first-order valence-corrected chi connectivity index (χ1v) is 6.19. The molecule has 17 heavy (non-hydrogen) atoms. The van der Waals surface area contributed by atoms with Gasteiger partial charge in [0, 0.05) is 13.1 Å². The summed E-state index contributed by atoms with van der Waals surface area (Å²) in [6.45, 7) is 1.25. The number of rotatable bonds is 2. The molecule has 0 aromatic carbocycles. The van der Waals surface area contributed by atoms with Gasteiger partial charge >= 0.3 is 0 Å². The van der Waals surface area contributed by atoms with Crippen LogP contribution in [0.2, 0.25) is 0 Å². The monoisotopic (exact) mass is 247 g/mol. The van der Waals surface area contributed by atoms with Gasteiger partial charge in [-0.3, -0.25) is 4.90 Å². The lowest BCUT2D eigenvalue weighted by Gasteiger charge is -2.45. The molecule has 1 unspecified atom stereocenters. The van der Waals surface area contributed by atoms with Gasteiger partial charge in [-0.1, -0.05) is 6.42 Å². The number of hydrogen-bond acceptors (Lipinski definition) is 6. The molecule has 0 amide bonds. The quantitative estimate of drug-likeness (QED) is 0.463. The summed E-state index contributed by atoms with van der Waals surface area (Å²) >= 11 is 0. The smallest absolute Gasteiger partial charge is 0.140 e. The molecular weight excluding hydrogens is 226 g/mol. The molecule has 0 aliphatic carbocycles. The fourth-order valence-corrected chi connectivity index (χ4v) is 2.56. The fraction of sp³-hybridized carbons (Fsp3) is 1.00. The molecule has 0 saturated carbocycles. The van der Waals surface area contributed by atoms with Gasteiger partial charge in [0.15, 0.2) is 0 Å². The van der Waals surface area contributed by atoms with E-state index < -0.39 is 30.6 Å². The van der Waals surface area contributed by atoms with Gasteiger partial charge in [0.05, 0.1) is 6.61 Å². The molecule has 2 saturated heterocycles. The number of piperidine rings is 1. The van der Waals surface area contributed by atoms with E-state index in [1.165, 1.54) is 0 Å². The highest BCUT2D eigenvalue weighted by Gasteiger charge is 2.45. The third-order valence-corrected chi connectivity index (χ3v) is 3.62. The minimum atomic E-state index is -1.27. The van der Waals surface area contributed by atoms with Crippen molar-refractivity contribution in [2.45, 2.75) is 49.9 Å². The molecule has 0 spiro atoms. The zero-order valence-corrected chi connectivity index (χ0v) is 9.77. The van der Waals surface area contributed by atoms with Gasteiger partial charge < -0.3 is 25.2 Å². The highest BCUT2D eigenvalue weighted by atomic mass is 16.6. The molecule has 0 aromatic heterocycles. The van der Waals surface area contributed by atoms with Crippen LogP contribution in [0.4, 0.5) is 0 Å². The molecule has 2 aliphatic rings. The van der Waals surface area contributed by atoms with E-state index in [0.29, 0.717) is 0 Å². The Morgan fingerprint density at radius 1 is 0.941 bits per heavy atom. The minimum Gasteiger partial charge on any atom is -0.394 e. The number of likely N-dealkylation sites (tertiary alicyclic amines) is 1. The van der Waals surface area contributed by atoms with E-state index in [0.717, 1.165) is 32.4 Å². The van der Waals surface area contributed by atoms with Crippen LogP contribution in [0.5, 0.6) is 0 Å². The van der Waals surface area contributed by atoms with Crippen LogP contribution in [-0.2, 0) is 4.74 Å². The van der Waals surface area contributed by atoms with Gasteiger partial charge in [0.1, 0.15) is 30.6 Å². The summed E-state index contributed by atoms with van der Waals surface area (Å²) in [4.78, 5) is 1.96. The summed E-state index contributed by atoms with van der Waals surface area (Å²) in [5.74, 6) is 0. The van der Waals surface area contributed by atoms with Crippen LogP contribution < -0.4 is 0 Å². The van der Waals surface area contributed by atoms with Gasteiger partial charge in [-0.05, 0) is 12.8 Å². The van der Waals surface area contributed by atoms with Crippen LogP contribution in [0.15, 0.2) is 0 Å². The van der Waals surface area contributed by atoms with Crippen molar-refractivity contribution in [3.63, 3.8) is 0 Å². The molecule has 6 heteroatoms. The number of ether oxygens (including phenoxy) is 1. The van der Waals surface area contributed by atoms with Crippen LogP contribution >= 0.6 is 0 Å². The summed E-state index contributed by atoms with van der Waals surface area (Å²) in [6.07, 6.45) is -1.88. The number of nitrogens with zero attached hydrogens (tertiary/aromatic N) is 1. The van der Waals surface area contributed by atoms with E-state index in [9.17, 15) is 15.3 Å². The molecule has 0 aromatic rings. The van der Waals surface area contributed by atoms with Gasteiger partial charge in [-0.2, -0.15) is 0 Å². The van der Waals surface area contributed by atoms with Crippen molar-refractivity contribution in [3.8, 4) is 0 Å². The van der Waals surface area contributed by atoms with E-state index in [-0.39, 0.29) is 6.61 Å². The SMILES string of the molecule is OC[C@@H]1OC(N2CCCCC2)[C@@H](O)[C@H](O)[C@H]1O. The lowest BCUT2D eigenvalue weighted by molar-refractivity contribution is -0.266. The molecule has 6 nitrogen and oxygen atoms in total. The molecule has 0 radical (unpaired) electrons. The summed E-state index contributed by atoms with van der Waals surface area (Å²) in [5.41, 5.74) is 0. The highest BCUT2D eigenvalue weighted by Crippen LogP contribution is 2.25. The Hall–Kier alpha value is -0.240. The van der Waals surface area contributed by atoms with Gasteiger partial charge in [0.2, 0.25) is 0 Å². The average molecular weight is 247 g/mol. The van der Waals surface area contributed by atoms with E-state index in [4.69, 9.17) is 9.84 Å².